The number of allylic oxidation sites excluding steroid dienone is 2. The van der Waals surface area contributed by atoms with Gasteiger partial charge in [0.1, 0.15) is 5.00 Å². The zero-order chi connectivity index (χ0) is 22.0. The van der Waals surface area contributed by atoms with Crippen LogP contribution in [0, 0.1) is 6.92 Å². The minimum atomic E-state index is -0.357. The van der Waals surface area contributed by atoms with E-state index in [1.807, 2.05) is 52.2 Å². The highest BCUT2D eigenvalue weighted by Gasteiger charge is 2.28. The predicted molar refractivity (Wildman–Crippen MR) is 124 cm³/mol. The summed E-state index contributed by atoms with van der Waals surface area (Å²) in [5.41, 5.74) is 14.7. The molecule has 6 nitrogen and oxygen atoms in total. The Morgan fingerprint density at radius 2 is 1.93 bits per heavy atom. The largest absolute Gasteiger partial charge is 0.379 e. The van der Waals surface area contributed by atoms with E-state index in [2.05, 4.69) is 22.1 Å². The Hall–Kier alpha value is -2.64. The number of carbonyl (C=O) groups excluding carboxylic acids is 2. The first kappa shape index (κ1) is 24.4. The van der Waals surface area contributed by atoms with E-state index < -0.39 is 0 Å². The molecule has 156 valence electrons. The fourth-order valence-corrected chi connectivity index (χ4v) is 4.39. The zero-order valence-electron chi connectivity index (χ0n) is 17.1. The molecule has 1 aliphatic carbocycles. The monoisotopic (exact) mass is 434 g/mol. The topological polar surface area (TPSA) is 111 Å². The molecule has 0 bridgehead atoms. The number of amides is 2. The summed E-state index contributed by atoms with van der Waals surface area (Å²) < 4.78 is 0. The molecular formula is C21H27ClN4O2S. The van der Waals surface area contributed by atoms with Crippen LogP contribution < -0.4 is 16.8 Å². The Kier molecular flexibility index (Phi) is 10.1. The number of aryl methyl sites for hydroxylation is 1. The molecule has 3 rings (SSSR count). The number of benzene rings is 1. The number of nitrogens with one attached hydrogen (secondary N) is 1. The number of fused-ring (bicyclic) bond motifs is 1. The third-order valence-corrected chi connectivity index (χ3v) is 5.99. The van der Waals surface area contributed by atoms with Gasteiger partial charge in [-0.1, -0.05) is 35.9 Å². The van der Waals surface area contributed by atoms with Crippen LogP contribution in [0.4, 0.5) is 5.00 Å². The standard InChI is InChI=1S/C13H17N3OS.C7H7Cl.CH3NO/c1-4-7-9(15-2)6-5-8-10(12(14)17)13(16-3)18-11(7)8;1-6-4-2-3-5-7(6)8;2-1-3/h4,16H,5-6H2,1-3H3,(H2,14,17);2-5H,1H3;1H,(H2,2,3)/b7-4+,15-9?;;. The Morgan fingerprint density at radius 3 is 2.34 bits per heavy atom. The number of hydrogen-bond donors (Lipinski definition) is 3. The second-order valence-corrected chi connectivity index (χ2v) is 7.41. The minimum absolute atomic E-state index is 0.250. The van der Waals surface area contributed by atoms with Crippen LogP contribution in [-0.2, 0) is 11.2 Å². The summed E-state index contributed by atoms with van der Waals surface area (Å²) in [6, 6.07) is 7.77. The van der Waals surface area contributed by atoms with Gasteiger partial charge in [-0.05, 0) is 43.9 Å². The second-order valence-electron chi connectivity index (χ2n) is 5.99. The van der Waals surface area contributed by atoms with Crippen LogP contribution in [0.25, 0.3) is 5.57 Å². The average Bonchev–Trinajstić information content (AvgIpc) is 3.09. The Balaban J connectivity index is 0.000000317. The molecule has 0 fully saturated rings. The highest BCUT2D eigenvalue weighted by atomic mass is 35.5. The molecule has 1 heterocycles. The van der Waals surface area contributed by atoms with Gasteiger partial charge in [-0.2, -0.15) is 0 Å². The number of thiophene rings is 1. The summed E-state index contributed by atoms with van der Waals surface area (Å²) in [6.07, 6.45) is 4.00. The van der Waals surface area contributed by atoms with Crippen LogP contribution >= 0.6 is 22.9 Å². The van der Waals surface area contributed by atoms with Crippen molar-refractivity contribution in [3.05, 3.63) is 56.9 Å². The number of carbonyl (C=O) groups is 2. The third kappa shape index (κ3) is 6.17. The number of primary amides is 2. The Morgan fingerprint density at radius 1 is 1.31 bits per heavy atom. The molecule has 0 radical (unpaired) electrons. The summed E-state index contributed by atoms with van der Waals surface area (Å²) in [5, 5.41) is 4.75. The Bertz CT molecular complexity index is 898. The first-order valence-corrected chi connectivity index (χ1v) is 10.2. The molecular weight excluding hydrogens is 408 g/mol. The molecule has 5 N–H and O–H groups in total. The summed E-state index contributed by atoms with van der Waals surface area (Å²) in [4.78, 5) is 25.6. The number of aliphatic imine (C=N–C) groups is 1. The van der Waals surface area contributed by atoms with Crippen molar-refractivity contribution >= 4 is 51.5 Å². The van der Waals surface area contributed by atoms with Crippen LogP contribution in [0.15, 0.2) is 35.3 Å². The van der Waals surface area contributed by atoms with E-state index in [4.69, 9.17) is 22.1 Å². The average molecular weight is 435 g/mol. The molecule has 1 aliphatic rings. The van der Waals surface area contributed by atoms with Crippen molar-refractivity contribution in [2.45, 2.75) is 26.7 Å². The van der Waals surface area contributed by atoms with Gasteiger partial charge < -0.3 is 16.8 Å². The normalized spacial score (nSPS) is 14.8. The molecule has 2 amide bonds. The highest BCUT2D eigenvalue weighted by Crippen LogP contribution is 2.41. The van der Waals surface area contributed by atoms with Gasteiger partial charge in [0.2, 0.25) is 6.41 Å². The lowest BCUT2D eigenvalue weighted by Crippen LogP contribution is -2.17. The molecule has 8 heteroatoms. The summed E-state index contributed by atoms with van der Waals surface area (Å²) in [5.74, 6) is -0.357. The minimum Gasteiger partial charge on any atom is -0.379 e. The van der Waals surface area contributed by atoms with E-state index in [-0.39, 0.29) is 12.3 Å². The maximum atomic E-state index is 11.6. The van der Waals surface area contributed by atoms with Crippen molar-refractivity contribution < 1.29 is 9.59 Å². The first-order valence-electron chi connectivity index (χ1n) is 8.98. The molecule has 0 saturated carbocycles. The van der Waals surface area contributed by atoms with Crippen molar-refractivity contribution in [1.29, 1.82) is 0 Å². The SMILES string of the molecule is C/C=C1\C(=NC)CCc2c1sc(NC)c2C(N)=O.Cc1ccccc1Cl.NC=O. The lowest BCUT2D eigenvalue weighted by atomic mass is 9.89. The highest BCUT2D eigenvalue weighted by molar-refractivity contribution is 7.18. The maximum absolute atomic E-state index is 11.6. The number of rotatable bonds is 2. The van der Waals surface area contributed by atoms with Crippen LogP contribution in [0.5, 0.6) is 0 Å². The molecule has 0 spiro atoms. The molecule has 0 atom stereocenters. The molecule has 1 aromatic heterocycles. The molecule has 1 aromatic carbocycles. The van der Waals surface area contributed by atoms with Crippen molar-refractivity contribution in [2.24, 2.45) is 16.5 Å². The van der Waals surface area contributed by atoms with E-state index in [1.165, 1.54) is 0 Å². The molecule has 29 heavy (non-hydrogen) atoms. The van der Waals surface area contributed by atoms with Crippen LogP contribution in [0.1, 0.15) is 39.7 Å². The van der Waals surface area contributed by atoms with Crippen molar-refractivity contribution in [2.75, 3.05) is 19.4 Å². The molecule has 0 saturated heterocycles. The van der Waals surface area contributed by atoms with Gasteiger partial charge in [-0.3, -0.25) is 14.6 Å². The van der Waals surface area contributed by atoms with Gasteiger partial charge in [0, 0.05) is 35.3 Å². The van der Waals surface area contributed by atoms with Gasteiger partial charge in [0.15, 0.2) is 0 Å². The van der Waals surface area contributed by atoms with Crippen LogP contribution in [0.2, 0.25) is 5.02 Å². The lowest BCUT2D eigenvalue weighted by molar-refractivity contribution is -0.106. The fraction of sp³-hybridized carbons (Fsp3) is 0.286. The molecule has 0 aliphatic heterocycles. The predicted octanol–water partition coefficient (Wildman–Crippen LogP) is 4.06. The molecule has 0 unspecified atom stereocenters. The number of nitrogens with two attached hydrogens (primary N) is 2. The first-order chi connectivity index (χ1) is 13.9. The number of anilines is 1. The van der Waals surface area contributed by atoms with Gasteiger partial charge in [0.25, 0.3) is 5.91 Å². The van der Waals surface area contributed by atoms with Crippen molar-refractivity contribution in [3.8, 4) is 0 Å². The van der Waals surface area contributed by atoms with E-state index in [9.17, 15) is 4.79 Å². The smallest absolute Gasteiger partial charge is 0.251 e. The summed E-state index contributed by atoms with van der Waals surface area (Å²) in [7, 11) is 3.62. The van der Waals surface area contributed by atoms with E-state index >= 15 is 0 Å². The van der Waals surface area contributed by atoms with Crippen molar-refractivity contribution in [1.82, 2.24) is 0 Å². The second kappa shape index (κ2) is 12.0. The van der Waals surface area contributed by atoms with E-state index in [0.29, 0.717) is 5.56 Å². The van der Waals surface area contributed by atoms with Crippen LogP contribution in [-0.4, -0.2) is 32.1 Å². The summed E-state index contributed by atoms with van der Waals surface area (Å²) >= 11 is 7.29. The lowest BCUT2D eigenvalue weighted by Gasteiger charge is -2.17. The third-order valence-electron chi connectivity index (χ3n) is 4.28. The number of nitrogens with zero attached hydrogens (tertiary/aromatic N) is 1. The van der Waals surface area contributed by atoms with E-state index in [1.54, 1.807) is 11.3 Å². The van der Waals surface area contributed by atoms with Gasteiger partial charge in [-0.25, -0.2) is 0 Å². The van der Waals surface area contributed by atoms with Gasteiger partial charge in [0.05, 0.1) is 5.56 Å². The molecule has 2 aromatic rings. The van der Waals surface area contributed by atoms with Gasteiger partial charge >= 0.3 is 0 Å². The van der Waals surface area contributed by atoms with Crippen molar-refractivity contribution in [3.63, 3.8) is 0 Å². The Labute approximate surface area is 180 Å². The fourth-order valence-electron chi connectivity index (χ4n) is 2.95. The number of hydrogen-bond acceptors (Lipinski definition) is 5. The van der Waals surface area contributed by atoms with E-state index in [0.717, 1.165) is 50.2 Å². The van der Waals surface area contributed by atoms with Crippen LogP contribution in [0.3, 0.4) is 0 Å². The number of halogens is 1. The maximum Gasteiger partial charge on any atom is 0.251 e. The van der Waals surface area contributed by atoms with Gasteiger partial charge in [-0.15, -0.1) is 11.3 Å². The quantitative estimate of drug-likeness (QED) is 0.619. The zero-order valence-corrected chi connectivity index (χ0v) is 18.7. The summed E-state index contributed by atoms with van der Waals surface area (Å²) in [6.45, 7) is 3.99.